The molecule has 2 aromatic rings. The van der Waals surface area contributed by atoms with Crippen molar-refractivity contribution in [3.63, 3.8) is 0 Å². The van der Waals surface area contributed by atoms with Gasteiger partial charge < -0.3 is 5.32 Å². The fraction of sp³-hybridized carbons (Fsp3) is 0.409. The Labute approximate surface area is 181 Å². The number of nitrogens with one attached hydrogen (secondary N) is 1. The molecule has 0 aliphatic carbocycles. The van der Waals surface area contributed by atoms with Crippen molar-refractivity contribution in [2.75, 3.05) is 18.8 Å². The van der Waals surface area contributed by atoms with Gasteiger partial charge in [0.1, 0.15) is 5.82 Å². The number of halogens is 1. The van der Waals surface area contributed by atoms with Crippen LogP contribution in [0.1, 0.15) is 48.1 Å². The van der Waals surface area contributed by atoms with E-state index >= 15 is 0 Å². The number of carbonyl (C=O) groups is 1. The minimum atomic E-state index is -3.54. The second-order valence-corrected chi connectivity index (χ2v) is 11.0. The number of carbonyl (C=O) groups excluding carboxylic acids is 1. The van der Waals surface area contributed by atoms with Crippen LogP contribution in [0.5, 0.6) is 0 Å². The molecule has 2 heterocycles. The number of nitrogens with zero attached hydrogens (tertiary/aromatic N) is 1. The summed E-state index contributed by atoms with van der Waals surface area (Å²) in [6.45, 7) is 3.19. The van der Waals surface area contributed by atoms with Crippen molar-refractivity contribution < 1.29 is 17.6 Å². The van der Waals surface area contributed by atoms with E-state index < -0.39 is 10.0 Å². The summed E-state index contributed by atoms with van der Waals surface area (Å²) in [4.78, 5) is 13.5. The minimum Gasteiger partial charge on any atom is -0.345 e. The number of fused-ring (bicyclic) bond motifs is 1. The highest BCUT2D eigenvalue weighted by Crippen LogP contribution is 2.37. The molecule has 30 heavy (non-hydrogen) atoms. The smallest absolute Gasteiger partial charge is 0.251 e. The van der Waals surface area contributed by atoms with Gasteiger partial charge in [-0.15, -0.1) is 11.8 Å². The average molecular weight is 449 g/mol. The van der Waals surface area contributed by atoms with Crippen molar-refractivity contribution in [3.05, 3.63) is 59.4 Å². The van der Waals surface area contributed by atoms with E-state index in [9.17, 15) is 17.6 Å². The van der Waals surface area contributed by atoms with Crippen molar-refractivity contribution in [2.45, 2.75) is 42.0 Å². The Morgan fingerprint density at radius 3 is 2.50 bits per heavy atom. The average Bonchev–Trinajstić information content (AvgIpc) is 2.75. The second-order valence-electron chi connectivity index (χ2n) is 7.93. The molecule has 0 radical (unpaired) electrons. The molecule has 2 aromatic carbocycles. The topological polar surface area (TPSA) is 66.5 Å². The molecule has 2 aliphatic rings. The van der Waals surface area contributed by atoms with Gasteiger partial charge in [0, 0.05) is 29.3 Å². The summed E-state index contributed by atoms with van der Waals surface area (Å²) >= 11 is 1.46. The van der Waals surface area contributed by atoms with E-state index in [2.05, 4.69) is 12.2 Å². The standard InChI is InChI=1S/C22H25FN2O3S2/c1-15-9-12-25(13-10-15)30(27,28)17-7-5-16(6-8-17)22(26)24-20-11-14-29-21-18(20)3-2-4-19(21)23/h2-8,15,20H,9-14H2,1H3,(H,24,26). The maximum atomic E-state index is 14.0. The molecule has 1 saturated heterocycles. The van der Waals surface area contributed by atoms with Gasteiger partial charge >= 0.3 is 0 Å². The van der Waals surface area contributed by atoms with Crippen LogP contribution in [0.4, 0.5) is 4.39 Å². The van der Waals surface area contributed by atoms with Gasteiger partial charge in [0.2, 0.25) is 10.0 Å². The zero-order valence-corrected chi connectivity index (χ0v) is 18.4. The van der Waals surface area contributed by atoms with E-state index in [0.717, 1.165) is 24.2 Å². The van der Waals surface area contributed by atoms with Gasteiger partial charge in [0.15, 0.2) is 0 Å². The SMILES string of the molecule is CC1CCN(S(=O)(=O)c2ccc(C(=O)NC3CCSc4c(F)cccc43)cc2)CC1. The zero-order chi connectivity index (χ0) is 21.3. The maximum Gasteiger partial charge on any atom is 0.251 e. The normalized spacial score (nSPS) is 20.5. The number of hydrogen-bond acceptors (Lipinski definition) is 4. The highest BCUT2D eigenvalue weighted by molar-refractivity contribution is 7.99. The quantitative estimate of drug-likeness (QED) is 0.761. The fourth-order valence-electron chi connectivity index (χ4n) is 3.93. The van der Waals surface area contributed by atoms with Crippen molar-refractivity contribution in [2.24, 2.45) is 5.92 Å². The third kappa shape index (κ3) is 4.26. The van der Waals surface area contributed by atoms with E-state index in [0.29, 0.717) is 35.9 Å². The number of thioether (sulfide) groups is 1. The molecule has 1 N–H and O–H groups in total. The van der Waals surface area contributed by atoms with Crippen LogP contribution < -0.4 is 5.32 Å². The van der Waals surface area contributed by atoms with Crippen LogP contribution in [0.2, 0.25) is 0 Å². The number of amides is 1. The summed E-state index contributed by atoms with van der Waals surface area (Å²) in [6.07, 6.45) is 2.44. The molecule has 1 unspecified atom stereocenters. The molecule has 8 heteroatoms. The third-order valence-corrected chi connectivity index (χ3v) is 8.90. The number of piperidine rings is 1. The lowest BCUT2D eigenvalue weighted by molar-refractivity contribution is 0.0934. The van der Waals surface area contributed by atoms with Crippen molar-refractivity contribution in [1.82, 2.24) is 9.62 Å². The molecule has 5 nitrogen and oxygen atoms in total. The fourth-order valence-corrected chi connectivity index (χ4v) is 6.54. The summed E-state index contributed by atoms with van der Waals surface area (Å²) in [5, 5.41) is 2.97. The monoisotopic (exact) mass is 448 g/mol. The van der Waals surface area contributed by atoms with Crippen molar-refractivity contribution >= 4 is 27.7 Å². The van der Waals surface area contributed by atoms with Crippen LogP contribution in [0, 0.1) is 11.7 Å². The van der Waals surface area contributed by atoms with Crippen LogP contribution in [0.3, 0.4) is 0 Å². The molecule has 160 valence electrons. The van der Waals surface area contributed by atoms with Gasteiger partial charge in [-0.1, -0.05) is 19.1 Å². The molecule has 4 rings (SSSR count). The van der Waals surface area contributed by atoms with E-state index in [4.69, 9.17) is 0 Å². The predicted octanol–water partition coefficient (Wildman–Crippen LogP) is 4.21. The highest BCUT2D eigenvalue weighted by Gasteiger charge is 2.29. The molecular weight excluding hydrogens is 423 g/mol. The Hall–Kier alpha value is -1.90. The maximum absolute atomic E-state index is 14.0. The zero-order valence-electron chi connectivity index (χ0n) is 16.8. The van der Waals surface area contributed by atoms with Gasteiger partial charge in [-0.2, -0.15) is 4.31 Å². The molecule has 0 aromatic heterocycles. The first-order valence-corrected chi connectivity index (χ1v) is 12.6. The molecule has 2 aliphatic heterocycles. The molecule has 1 amide bonds. The first-order chi connectivity index (χ1) is 14.4. The van der Waals surface area contributed by atoms with E-state index in [1.807, 2.05) is 6.07 Å². The molecule has 0 saturated carbocycles. The van der Waals surface area contributed by atoms with Crippen LogP contribution in [-0.2, 0) is 10.0 Å². The summed E-state index contributed by atoms with van der Waals surface area (Å²) in [7, 11) is -3.54. The molecule has 0 spiro atoms. The van der Waals surface area contributed by atoms with Gasteiger partial charge in [-0.05, 0) is 61.1 Å². The van der Waals surface area contributed by atoms with Crippen LogP contribution in [-0.4, -0.2) is 37.5 Å². The van der Waals surface area contributed by atoms with Gasteiger partial charge in [0.25, 0.3) is 5.91 Å². The van der Waals surface area contributed by atoms with E-state index in [1.165, 1.54) is 34.3 Å². The lowest BCUT2D eigenvalue weighted by Crippen LogP contribution is -2.37. The molecule has 0 bridgehead atoms. The molecular formula is C22H25FN2O3S2. The van der Waals surface area contributed by atoms with Crippen LogP contribution in [0.25, 0.3) is 0 Å². The molecule has 1 atom stereocenters. The first-order valence-electron chi connectivity index (χ1n) is 10.2. The van der Waals surface area contributed by atoms with Crippen molar-refractivity contribution in [3.8, 4) is 0 Å². The van der Waals surface area contributed by atoms with E-state index in [-0.39, 0.29) is 22.7 Å². The van der Waals surface area contributed by atoms with E-state index in [1.54, 1.807) is 18.2 Å². The van der Waals surface area contributed by atoms with Gasteiger partial charge in [-0.25, -0.2) is 12.8 Å². The molecule has 1 fully saturated rings. The second kappa shape index (κ2) is 8.69. The predicted molar refractivity (Wildman–Crippen MR) is 116 cm³/mol. The third-order valence-electron chi connectivity index (χ3n) is 5.83. The highest BCUT2D eigenvalue weighted by atomic mass is 32.2. The van der Waals surface area contributed by atoms with Crippen molar-refractivity contribution in [1.29, 1.82) is 0 Å². The first kappa shape index (κ1) is 21.3. The Morgan fingerprint density at radius 2 is 1.80 bits per heavy atom. The Balaban J connectivity index is 1.47. The summed E-state index contributed by atoms with van der Waals surface area (Å²) in [5.74, 6) is 0.708. The van der Waals surface area contributed by atoms with Gasteiger partial charge in [0.05, 0.1) is 10.9 Å². The summed E-state index contributed by atoms with van der Waals surface area (Å²) in [5.41, 5.74) is 1.18. The number of sulfonamides is 1. The Morgan fingerprint density at radius 1 is 1.10 bits per heavy atom. The lowest BCUT2D eigenvalue weighted by Gasteiger charge is -2.29. The Bertz CT molecular complexity index is 1030. The largest absolute Gasteiger partial charge is 0.345 e. The Kier molecular flexibility index (Phi) is 6.18. The van der Waals surface area contributed by atoms with Crippen LogP contribution >= 0.6 is 11.8 Å². The number of benzene rings is 2. The number of hydrogen-bond donors (Lipinski definition) is 1. The number of rotatable bonds is 4. The van der Waals surface area contributed by atoms with Gasteiger partial charge in [-0.3, -0.25) is 4.79 Å². The lowest BCUT2D eigenvalue weighted by atomic mass is 10.0. The minimum absolute atomic E-state index is 0.204. The van der Waals surface area contributed by atoms with Crippen LogP contribution in [0.15, 0.2) is 52.3 Å². The summed E-state index contributed by atoms with van der Waals surface area (Å²) in [6, 6.07) is 10.7. The summed E-state index contributed by atoms with van der Waals surface area (Å²) < 4.78 is 41.3.